The zero-order valence-corrected chi connectivity index (χ0v) is 17.2. The molecular weight excluding hydrogens is 404 g/mol. The lowest BCUT2D eigenvalue weighted by molar-refractivity contribution is -0.383. The summed E-state index contributed by atoms with van der Waals surface area (Å²) < 4.78 is 10.4. The summed E-state index contributed by atoms with van der Waals surface area (Å²) in [4.78, 5) is 17.2. The number of amidine groups is 1. The van der Waals surface area contributed by atoms with Gasteiger partial charge in [-0.1, -0.05) is 29.4 Å². The van der Waals surface area contributed by atoms with Crippen LogP contribution >= 0.6 is 23.4 Å². The van der Waals surface area contributed by atoms with Gasteiger partial charge in [0.1, 0.15) is 5.69 Å². The zero-order chi connectivity index (χ0) is 20.7. The Balaban J connectivity index is 2.58. The van der Waals surface area contributed by atoms with Crippen LogP contribution in [0.4, 0.5) is 22.7 Å². The van der Waals surface area contributed by atoms with Crippen LogP contribution in [-0.4, -0.2) is 43.4 Å². The molecule has 0 atom stereocenters. The highest BCUT2D eigenvalue weighted by Crippen LogP contribution is 2.34. The summed E-state index contributed by atoms with van der Waals surface area (Å²) in [5.41, 5.74) is 6.88. The van der Waals surface area contributed by atoms with Gasteiger partial charge in [0.25, 0.3) is 5.69 Å². The molecular formula is C18H21ClN4O4S. The van der Waals surface area contributed by atoms with Gasteiger partial charge in [-0.25, -0.2) is 0 Å². The Kier molecular flexibility index (Phi) is 8.06. The summed E-state index contributed by atoms with van der Waals surface area (Å²) in [6.45, 7) is 0.247. The minimum absolute atomic E-state index is 0.0845. The number of methoxy groups -OCH3 is 2. The van der Waals surface area contributed by atoms with Crippen molar-refractivity contribution >= 4 is 51.3 Å². The van der Waals surface area contributed by atoms with Gasteiger partial charge in [0.15, 0.2) is 11.5 Å². The third kappa shape index (κ3) is 5.35. The smallest absolute Gasteiger partial charge is 0.294 e. The second-order valence-corrected chi connectivity index (χ2v) is 6.75. The second kappa shape index (κ2) is 10.3. The van der Waals surface area contributed by atoms with Gasteiger partial charge in [0.05, 0.1) is 17.2 Å². The molecule has 0 aromatic heterocycles. The van der Waals surface area contributed by atoms with Crippen molar-refractivity contribution in [2.24, 2.45) is 4.99 Å². The molecule has 0 amide bonds. The topological polar surface area (TPSA) is 103 Å². The SMILES string of the molecule is COC(CN=C(SC)N(c1cccc(Cl)c1)c1ccc(N)c([N+](=O)[O-])c1)OC. The van der Waals surface area contributed by atoms with Gasteiger partial charge < -0.3 is 15.2 Å². The van der Waals surface area contributed by atoms with Gasteiger partial charge in [-0.2, -0.15) is 0 Å². The Morgan fingerprint density at radius 1 is 1.29 bits per heavy atom. The molecule has 28 heavy (non-hydrogen) atoms. The standard InChI is InChI=1S/C18H21ClN4O4S/c1-26-17(27-2)11-21-18(28-3)22(13-6-4-5-12(19)9-13)14-7-8-15(20)16(10-14)23(24)25/h4-10,17H,11,20H2,1-3H3. The van der Waals surface area contributed by atoms with Crippen LogP contribution in [-0.2, 0) is 9.47 Å². The molecule has 0 heterocycles. The van der Waals surface area contributed by atoms with E-state index < -0.39 is 11.2 Å². The van der Waals surface area contributed by atoms with Crippen LogP contribution in [0.25, 0.3) is 0 Å². The van der Waals surface area contributed by atoms with E-state index >= 15 is 0 Å². The summed E-state index contributed by atoms with van der Waals surface area (Å²) in [5, 5.41) is 12.4. The van der Waals surface area contributed by atoms with Crippen molar-refractivity contribution in [3.05, 3.63) is 57.6 Å². The van der Waals surface area contributed by atoms with Crippen LogP contribution in [0, 0.1) is 10.1 Å². The number of rotatable bonds is 7. The number of hydrogen-bond acceptors (Lipinski definition) is 7. The van der Waals surface area contributed by atoms with Crippen LogP contribution in [0.3, 0.4) is 0 Å². The van der Waals surface area contributed by atoms with Gasteiger partial charge in [0, 0.05) is 31.0 Å². The van der Waals surface area contributed by atoms with E-state index in [1.54, 1.807) is 29.2 Å². The van der Waals surface area contributed by atoms with Crippen molar-refractivity contribution < 1.29 is 14.4 Å². The molecule has 10 heteroatoms. The van der Waals surface area contributed by atoms with Crippen molar-refractivity contribution in [2.45, 2.75) is 6.29 Å². The summed E-state index contributed by atoms with van der Waals surface area (Å²) in [6, 6.07) is 11.7. The Hall–Kier alpha value is -2.33. The first-order chi connectivity index (χ1) is 13.4. The lowest BCUT2D eigenvalue weighted by atomic mass is 10.2. The zero-order valence-electron chi connectivity index (χ0n) is 15.7. The number of nitro benzene ring substituents is 1. The van der Waals surface area contributed by atoms with Crippen molar-refractivity contribution in [1.82, 2.24) is 0 Å². The maximum absolute atomic E-state index is 11.3. The van der Waals surface area contributed by atoms with Crippen LogP contribution in [0.15, 0.2) is 47.5 Å². The van der Waals surface area contributed by atoms with Crippen LogP contribution in [0.5, 0.6) is 0 Å². The van der Waals surface area contributed by atoms with E-state index in [1.165, 1.54) is 38.1 Å². The van der Waals surface area contributed by atoms with Gasteiger partial charge >= 0.3 is 0 Å². The number of ether oxygens (including phenoxy) is 2. The van der Waals surface area contributed by atoms with E-state index in [9.17, 15) is 10.1 Å². The first-order valence-corrected chi connectivity index (χ1v) is 9.75. The fourth-order valence-corrected chi connectivity index (χ4v) is 3.22. The lowest BCUT2D eigenvalue weighted by Crippen LogP contribution is -2.26. The predicted molar refractivity (Wildman–Crippen MR) is 115 cm³/mol. The minimum Gasteiger partial charge on any atom is -0.393 e. The van der Waals surface area contributed by atoms with Crippen molar-refractivity contribution in [3.8, 4) is 0 Å². The molecule has 0 saturated heterocycles. The Morgan fingerprint density at radius 2 is 1.96 bits per heavy atom. The second-order valence-electron chi connectivity index (χ2n) is 5.54. The number of nitrogen functional groups attached to an aromatic ring is 1. The Bertz CT molecular complexity index is 861. The monoisotopic (exact) mass is 424 g/mol. The summed E-state index contributed by atoms with van der Waals surface area (Å²) >= 11 is 7.54. The van der Waals surface area contributed by atoms with Crippen LogP contribution in [0.2, 0.25) is 5.02 Å². The molecule has 0 aliphatic carbocycles. The molecule has 2 N–H and O–H groups in total. The molecule has 2 aromatic rings. The molecule has 0 aliphatic heterocycles. The fraction of sp³-hybridized carbons (Fsp3) is 0.278. The third-order valence-corrected chi connectivity index (χ3v) is 4.72. The summed E-state index contributed by atoms with van der Waals surface area (Å²) in [7, 11) is 3.06. The quantitative estimate of drug-likeness (QED) is 0.176. The maximum Gasteiger partial charge on any atom is 0.294 e. The number of hydrogen-bond donors (Lipinski definition) is 1. The minimum atomic E-state index is -0.517. The summed E-state index contributed by atoms with van der Waals surface area (Å²) in [6.07, 6.45) is 1.35. The average molecular weight is 425 g/mol. The number of halogens is 1. The van der Waals surface area contributed by atoms with E-state index in [2.05, 4.69) is 4.99 Å². The van der Waals surface area contributed by atoms with E-state index in [-0.39, 0.29) is 17.9 Å². The van der Waals surface area contributed by atoms with Gasteiger partial charge in [-0.3, -0.25) is 20.0 Å². The van der Waals surface area contributed by atoms with Gasteiger partial charge in [0.2, 0.25) is 0 Å². The molecule has 0 radical (unpaired) electrons. The lowest BCUT2D eigenvalue weighted by Gasteiger charge is -2.26. The molecule has 0 saturated carbocycles. The highest BCUT2D eigenvalue weighted by atomic mass is 35.5. The number of anilines is 3. The van der Waals surface area contributed by atoms with E-state index in [4.69, 9.17) is 26.8 Å². The van der Waals surface area contributed by atoms with Gasteiger partial charge in [-0.15, -0.1) is 0 Å². The molecule has 0 unspecified atom stereocenters. The molecule has 0 fully saturated rings. The Labute approximate surface area is 172 Å². The van der Waals surface area contributed by atoms with Crippen LogP contribution < -0.4 is 10.6 Å². The molecule has 0 bridgehead atoms. The maximum atomic E-state index is 11.3. The number of nitro groups is 1. The number of nitrogens with two attached hydrogens (primary N) is 1. The number of thioether (sulfide) groups is 1. The van der Waals surface area contributed by atoms with Gasteiger partial charge in [-0.05, 0) is 36.6 Å². The molecule has 8 nitrogen and oxygen atoms in total. The third-order valence-electron chi connectivity index (χ3n) is 3.81. The highest BCUT2D eigenvalue weighted by Gasteiger charge is 2.21. The van der Waals surface area contributed by atoms with Crippen molar-refractivity contribution in [2.75, 3.05) is 37.7 Å². The average Bonchev–Trinajstić information content (AvgIpc) is 2.68. The normalized spacial score (nSPS) is 11.7. The number of nitrogens with zero attached hydrogens (tertiary/aromatic N) is 3. The van der Waals surface area contributed by atoms with E-state index in [0.29, 0.717) is 21.6 Å². The molecule has 0 spiro atoms. The number of aliphatic imine (C=N–C) groups is 1. The highest BCUT2D eigenvalue weighted by molar-refractivity contribution is 8.13. The van der Waals surface area contributed by atoms with E-state index in [0.717, 1.165) is 0 Å². The molecule has 2 aromatic carbocycles. The molecule has 0 aliphatic rings. The summed E-state index contributed by atoms with van der Waals surface area (Å²) in [5.74, 6) is 0. The first kappa shape index (κ1) is 22.0. The predicted octanol–water partition coefficient (Wildman–Crippen LogP) is 4.31. The molecule has 150 valence electrons. The molecule has 2 rings (SSSR count). The van der Waals surface area contributed by atoms with Crippen molar-refractivity contribution in [3.63, 3.8) is 0 Å². The fourth-order valence-electron chi connectivity index (χ4n) is 2.44. The Morgan fingerprint density at radius 3 is 2.54 bits per heavy atom. The van der Waals surface area contributed by atoms with Crippen LogP contribution in [0.1, 0.15) is 0 Å². The van der Waals surface area contributed by atoms with E-state index in [1.807, 2.05) is 12.3 Å². The van der Waals surface area contributed by atoms with Crippen molar-refractivity contribution in [1.29, 1.82) is 0 Å². The largest absolute Gasteiger partial charge is 0.393 e. The number of benzene rings is 2. The first-order valence-electron chi connectivity index (χ1n) is 8.14.